The Morgan fingerprint density at radius 3 is 2.70 bits per heavy atom. The highest BCUT2D eigenvalue weighted by Crippen LogP contribution is 2.17. The molecule has 0 radical (unpaired) electrons. The van der Waals surface area contributed by atoms with Crippen molar-refractivity contribution in [2.24, 2.45) is 5.73 Å². The highest BCUT2D eigenvalue weighted by atomic mass is 19.1. The maximum atomic E-state index is 13.6. The molecule has 112 valence electrons. The van der Waals surface area contributed by atoms with E-state index >= 15 is 0 Å². The summed E-state index contributed by atoms with van der Waals surface area (Å²) in [6.07, 6.45) is 2.30. The van der Waals surface area contributed by atoms with Crippen LogP contribution in [-0.2, 0) is 13.1 Å². The monoisotopic (exact) mass is 279 g/mol. The predicted molar refractivity (Wildman–Crippen MR) is 80.9 cm³/mol. The van der Waals surface area contributed by atoms with Crippen LogP contribution in [0.15, 0.2) is 18.2 Å². The number of nitrogens with two attached hydrogens (primary N) is 1. The van der Waals surface area contributed by atoms with Crippen molar-refractivity contribution < 1.29 is 4.39 Å². The Kier molecular flexibility index (Phi) is 5.52. The summed E-state index contributed by atoms with van der Waals surface area (Å²) in [5.74, 6) is -0.178. The van der Waals surface area contributed by atoms with Gasteiger partial charge in [-0.15, -0.1) is 0 Å². The fraction of sp³-hybridized carbons (Fsp3) is 0.625. The summed E-state index contributed by atoms with van der Waals surface area (Å²) < 4.78 is 13.6. The Hall–Kier alpha value is -0.970. The summed E-state index contributed by atoms with van der Waals surface area (Å²) in [6, 6.07) is 5.74. The summed E-state index contributed by atoms with van der Waals surface area (Å²) >= 11 is 0. The number of halogens is 1. The molecule has 1 aliphatic heterocycles. The molecule has 0 saturated carbocycles. The molecular weight excluding hydrogens is 253 g/mol. The highest BCUT2D eigenvalue weighted by molar-refractivity contribution is 5.24. The molecule has 4 heteroatoms. The largest absolute Gasteiger partial charge is 0.326 e. The fourth-order valence-corrected chi connectivity index (χ4v) is 3.05. The topological polar surface area (TPSA) is 32.5 Å². The molecule has 20 heavy (non-hydrogen) atoms. The first kappa shape index (κ1) is 15.4. The molecular formula is C16H26FN3. The van der Waals surface area contributed by atoms with Crippen LogP contribution in [0.5, 0.6) is 0 Å². The molecule has 0 bridgehead atoms. The minimum Gasteiger partial charge on any atom is -0.326 e. The van der Waals surface area contributed by atoms with Crippen molar-refractivity contribution in [3.8, 4) is 0 Å². The zero-order valence-electron chi connectivity index (χ0n) is 12.6. The van der Waals surface area contributed by atoms with Gasteiger partial charge >= 0.3 is 0 Å². The third-order valence-corrected chi connectivity index (χ3v) is 4.13. The van der Waals surface area contributed by atoms with Gasteiger partial charge in [0.2, 0.25) is 0 Å². The minimum absolute atomic E-state index is 0.178. The van der Waals surface area contributed by atoms with E-state index in [1.807, 2.05) is 6.07 Å². The molecule has 1 atom stereocenters. The number of rotatable bonds is 4. The molecule has 1 aromatic carbocycles. The Morgan fingerprint density at radius 1 is 1.25 bits per heavy atom. The molecule has 0 amide bonds. The summed E-state index contributed by atoms with van der Waals surface area (Å²) in [4.78, 5) is 4.88. The van der Waals surface area contributed by atoms with Gasteiger partial charge in [-0.2, -0.15) is 0 Å². The van der Waals surface area contributed by atoms with E-state index in [1.165, 1.54) is 12.5 Å². The Morgan fingerprint density at radius 2 is 2.00 bits per heavy atom. The van der Waals surface area contributed by atoms with Gasteiger partial charge in [0.15, 0.2) is 0 Å². The fourth-order valence-electron chi connectivity index (χ4n) is 3.05. The van der Waals surface area contributed by atoms with E-state index in [-0.39, 0.29) is 5.82 Å². The van der Waals surface area contributed by atoms with Crippen molar-refractivity contribution in [2.75, 3.05) is 26.7 Å². The van der Waals surface area contributed by atoms with Gasteiger partial charge in [0.25, 0.3) is 0 Å². The third-order valence-electron chi connectivity index (χ3n) is 4.13. The second-order valence-corrected chi connectivity index (χ2v) is 5.82. The van der Waals surface area contributed by atoms with E-state index in [9.17, 15) is 4.39 Å². The predicted octanol–water partition coefficient (Wildman–Crippen LogP) is 2.20. The summed E-state index contributed by atoms with van der Waals surface area (Å²) in [5.41, 5.74) is 7.54. The molecule has 1 aromatic rings. The van der Waals surface area contributed by atoms with E-state index < -0.39 is 0 Å². The number of nitrogens with zero attached hydrogens (tertiary/aromatic N) is 2. The van der Waals surface area contributed by atoms with Crippen molar-refractivity contribution in [3.05, 3.63) is 35.1 Å². The van der Waals surface area contributed by atoms with E-state index in [0.29, 0.717) is 12.6 Å². The standard InChI is InChI=1S/C16H26FN3/c1-3-16-12-19(2)5-4-6-20(16)11-14-7-13(10-18)8-15(17)9-14/h7-9,16H,3-6,10-12,18H2,1-2H3. The Bertz CT molecular complexity index is 436. The molecule has 3 nitrogen and oxygen atoms in total. The Labute approximate surface area is 121 Å². The van der Waals surface area contributed by atoms with Gasteiger partial charge in [0.1, 0.15) is 5.82 Å². The van der Waals surface area contributed by atoms with Gasteiger partial charge in [0, 0.05) is 32.2 Å². The minimum atomic E-state index is -0.178. The molecule has 0 aliphatic carbocycles. The lowest BCUT2D eigenvalue weighted by Gasteiger charge is -2.30. The van der Waals surface area contributed by atoms with Crippen LogP contribution in [0.1, 0.15) is 30.9 Å². The van der Waals surface area contributed by atoms with Crippen molar-refractivity contribution in [3.63, 3.8) is 0 Å². The van der Waals surface area contributed by atoms with E-state index in [0.717, 1.165) is 43.7 Å². The zero-order valence-corrected chi connectivity index (χ0v) is 12.6. The molecule has 1 unspecified atom stereocenters. The normalized spacial score (nSPS) is 21.9. The van der Waals surface area contributed by atoms with Crippen molar-refractivity contribution in [1.29, 1.82) is 0 Å². The molecule has 1 heterocycles. The first-order valence-corrected chi connectivity index (χ1v) is 7.53. The van der Waals surface area contributed by atoms with Gasteiger partial charge in [-0.1, -0.05) is 13.0 Å². The molecule has 1 fully saturated rings. The molecule has 0 spiro atoms. The van der Waals surface area contributed by atoms with Crippen LogP contribution in [0.25, 0.3) is 0 Å². The number of hydrogen-bond donors (Lipinski definition) is 1. The van der Waals surface area contributed by atoms with Gasteiger partial charge in [-0.05, 0) is 49.7 Å². The number of benzene rings is 1. The van der Waals surface area contributed by atoms with Gasteiger partial charge in [0.05, 0.1) is 0 Å². The number of hydrogen-bond acceptors (Lipinski definition) is 3. The first-order valence-electron chi connectivity index (χ1n) is 7.53. The average Bonchev–Trinajstić information content (AvgIpc) is 2.59. The molecule has 1 saturated heterocycles. The van der Waals surface area contributed by atoms with Gasteiger partial charge in [-0.25, -0.2) is 4.39 Å². The van der Waals surface area contributed by atoms with Crippen LogP contribution in [0.3, 0.4) is 0 Å². The first-order chi connectivity index (χ1) is 9.62. The van der Waals surface area contributed by atoms with E-state index in [1.54, 1.807) is 6.07 Å². The molecule has 1 aliphatic rings. The average molecular weight is 279 g/mol. The van der Waals surface area contributed by atoms with Crippen molar-refractivity contribution in [2.45, 2.75) is 38.9 Å². The smallest absolute Gasteiger partial charge is 0.123 e. The Balaban J connectivity index is 2.12. The van der Waals surface area contributed by atoms with Crippen LogP contribution in [0.4, 0.5) is 4.39 Å². The summed E-state index contributed by atoms with van der Waals surface area (Å²) in [6.45, 7) is 6.76. The van der Waals surface area contributed by atoms with Gasteiger partial charge in [-0.3, -0.25) is 4.90 Å². The van der Waals surface area contributed by atoms with Crippen LogP contribution in [-0.4, -0.2) is 42.5 Å². The van der Waals surface area contributed by atoms with Crippen molar-refractivity contribution >= 4 is 0 Å². The maximum Gasteiger partial charge on any atom is 0.123 e. The third kappa shape index (κ3) is 4.01. The zero-order chi connectivity index (χ0) is 14.5. The molecule has 0 aromatic heterocycles. The van der Waals surface area contributed by atoms with E-state index in [2.05, 4.69) is 23.8 Å². The van der Waals surface area contributed by atoms with Crippen LogP contribution < -0.4 is 5.73 Å². The lowest BCUT2D eigenvalue weighted by Crippen LogP contribution is -2.39. The number of likely N-dealkylation sites (N-methyl/N-ethyl adjacent to an activating group) is 1. The summed E-state index contributed by atoms with van der Waals surface area (Å²) in [7, 11) is 2.18. The van der Waals surface area contributed by atoms with Crippen LogP contribution >= 0.6 is 0 Å². The van der Waals surface area contributed by atoms with Gasteiger partial charge < -0.3 is 10.6 Å². The van der Waals surface area contributed by atoms with Crippen LogP contribution in [0, 0.1) is 5.82 Å². The molecule has 2 N–H and O–H groups in total. The summed E-state index contributed by atoms with van der Waals surface area (Å²) in [5, 5.41) is 0. The molecule has 2 rings (SSSR count). The second kappa shape index (κ2) is 7.16. The van der Waals surface area contributed by atoms with E-state index in [4.69, 9.17) is 5.73 Å². The second-order valence-electron chi connectivity index (χ2n) is 5.82. The lowest BCUT2D eigenvalue weighted by molar-refractivity contribution is 0.175. The van der Waals surface area contributed by atoms with Crippen molar-refractivity contribution in [1.82, 2.24) is 9.80 Å². The maximum absolute atomic E-state index is 13.6. The van der Waals surface area contributed by atoms with Crippen LogP contribution in [0.2, 0.25) is 0 Å². The quantitative estimate of drug-likeness (QED) is 0.917. The lowest BCUT2D eigenvalue weighted by atomic mass is 10.1. The highest BCUT2D eigenvalue weighted by Gasteiger charge is 2.22. The SMILES string of the molecule is CCC1CN(C)CCCN1Cc1cc(F)cc(CN)c1.